The molecule has 1 atom stereocenters. The Morgan fingerprint density at radius 2 is 1.81 bits per heavy atom. The van der Waals surface area contributed by atoms with Crippen LogP contribution >= 0.6 is 15.9 Å². The summed E-state index contributed by atoms with van der Waals surface area (Å²) in [5.74, 6) is -2.94. The molecule has 0 bridgehead atoms. The van der Waals surface area contributed by atoms with E-state index in [1.54, 1.807) is 6.07 Å². The SMILES string of the molecule is COc1ccc(/C(O)=C2\C(=O)C(=O)N(CCCN3CCOCC3)C2c2cc(Br)c(O)c(OC)c2)cc1F. The number of hydrogen-bond donors (Lipinski definition) is 2. The van der Waals surface area contributed by atoms with Crippen molar-refractivity contribution in [2.75, 3.05) is 53.6 Å². The van der Waals surface area contributed by atoms with Gasteiger partial charge < -0.3 is 29.3 Å². The lowest BCUT2D eigenvalue weighted by Crippen LogP contribution is -2.39. The molecule has 2 aromatic carbocycles. The lowest BCUT2D eigenvalue weighted by molar-refractivity contribution is -0.140. The van der Waals surface area contributed by atoms with Gasteiger partial charge >= 0.3 is 0 Å². The van der Waals surface area contributed by atoms with Crippen LogP contribution in [0, 0.1) is 5.82 Å². The minimum atomic E-state index is -0.986. The van der Waals surface area contributed by atoms with Crippen molar-refractivity contribution in [3.63, 3.8) is 0 Å². The highest BCUT2D eigenvalue weighted by atomic mass is 79.9. The Hall–Kier alpha value is -3.15. The maximum Gasteiger partial charge on any atom is 0.295 e. The van der Waals surface area contributed by atoms with Gasteiger partial charge in [-0.05, 0) is 58.2 Å². The fourth-order valence-electron chi connectivity index (χ4n) is 4.62. The third-order valence-corrected chi connectivity index (χ3v) is 7.13. The number of carbonyl (C=O) groups excluding carboxylic acids is 2. The molecule has 2 N–H and O–H groups in total. The molecule has 2 fully saturated rings. The van der Waals surface area contributed by atoms with Crippen molar-refractivity contribution in [2.45, 2.75) is 12.5 Å². The van der Waals surface area contributed by atoms with Crippen LogP contribution in [0.3, 0.4) is 0 Å². The van der Waals surface area contributed by atoms with Crippen molar-refractivity contribution in [1.29, 1.82) is 0 Å². The van der Waals surface area contributed by atoms with Crippen LogP contribution in [0.25, 0.3) is 5.76 Å². The van der Waals surface area contributed by atoms with Gasteiger partial charge in [0.1, 0.15) is 5.76 Å². The second-order valence-electron chi connectivity index (χ2n) is 8.70. The van der Waals surface area contributed by atoms with E-state index in [1.807, 2.05) is 0 Å². The average molecular weight is 579 g/mol. The smallest absolute Gasteiger partial charge is 0.295 e. The van der Waals surface area contributed by atoms with E-state index in [0.29, 0.717) is 31.7 Å². The van der Waals surface area contributed by atoms with E-state index >= 15 is 0 Å². The molecule has 2 saturated heterocycles. The zero-order chi connectivity index (χ0) is 26.7. The summed E-state index contributed by atoms with van der Waals surface area (Å²) in [6.45, 7) is 3.79. The lowest BCUT2D eigenvalue weighted by Gasteiger charge is -2.29. The van der Waals surface area contributed by atoms with Gasteiger partial charge in [-0.3, -0.25) is 14.5 Å². The van der Waals surface area contributed by atoms with Crippen LogP contribution < -0.4 is 9.47 Å². The fourth-order valence-corrected chi connectivity index (χ4v) is 5.08. The van der Waals surface area contributed by atoms with E-state index < -0.39 is 29.3 Å². The highest BCUT2D eigenvalue weighted by molar-refractivity contribution is 9.10. The molecule has 0 saturated carbocycles. The summed E-state index contributed by atoms with van der Waals surface area (Å²) >= 11 is 3.29. The first-order valence-corrected chi connectivity index (χ1v) is 12.5. The Labute approximate surface area is 222 Å². The van der Waals surface area contributed by atoms with Crippen molar-refractivity contribution in [3.05, 3.63) is 57.3 Å². The number of aromatic hydroxyl groups is 1. The van der Waals surface area contributed by atoms with E-state index in [9.17, 15) is 24.2 Å². The number of ketones is 1. The van der Waals surface area contributed by atoms with Crippen molar-refractivity contribution in [3.8, 4) is 17.2 Å². The Balaban J connectivity index is 1.76. The molecule has 9 nitrogen and oxygen atoms in total. The molecule has 4 rings (SSSR count). The molecule has 2 aliphatic rings. The first kappa shape index (κ1) is 26.9. The van der Waals surface area contributed by atoms with Gasteiger partial charge in [0.25, 0.3) is 11.7 Å². The topological polar surface area (TPSA) is 109 Å². The van der Waals surface area contributed by atoms with Gasteiger partial charge in [0.05, 0.1) is 43.5 Å². The highest BCUT2D eigenvalue weighted by Gasteiger charge is 2.46. The summed E-state index contributed by atoms with van der Waals surface area (Å²) in [6, 6.07) is 5.87. The maximum atomic E-state index is 14.4. The van der Waals surface area contributed by atoms with Gasteiger partial charge in [0, 0.05) is 31.7 Å². The molecule has 0 aliphatic carbocycles. The van der Waals surface area contributed by atoms with Gasteiger partial charge in [0.2, 0.25) is 0 Å². The molecule has 0 radical (unpaired) electrons. The molecule has 0 aromatic heterocycles. The Bertz CT molecular complexity index is 1230. The van der Waals surface area contributed by atoms with Crippen LogP contribution in [-0.4, -0.2) is 85.3 Å². The normalized spacial score (nSPS) is 19.9. The Kier molecular flexibility index (Phi) is 8.35. The first-order chi connectivity index (χ1) is 17.8. The second kappa shape index (κ2) is 11.5. The molecule has 198 valence electrons. The van der Waals surface area contributed by atoms with Crippen LogP contribution in [-0.2, 0) is 14.3 Å². The molecular weight excluding hydrogens is 551 g/mol. The zero-order valence-electron chi connectivity index (χ0n) is 20.5. The predicted molar refractivity (Wildman–Crippen MR) is 136 cm³/mol. The van der Waals surface area contributed by atoms with E-state index in [4.69, 9.17) is 14.2 Å². The van der Waals surface area contributed by atoms with Crippen molar-refractivity contribution >= 4 is 33.4 Å². The number of morpholine rings is 1. The quantitative estimate of drug-likeness (QED) is 0.278. The summed E-state index contributed by atoms with van der Waals surface area (Å²) in [7, 11) is 2.70. The summed E-state index contributed by atoms with van der Waals surface area (Å²) in [4.78, 5) is 30.1. The third-order valence-electron chi connectivity index (χ3n) is 6.53. The highest BCUT2D eigenvalue weighted by Crippen LogP contribution is 2.44. The van der Waals surface area contributed by atoms with Gasteiger partial charge in [-0.25, -0.2) is 4.39 Å². The summed E-state index contributed by atoms with van der Waals surface area (Å²) in [5.41, 5.74) is 0.280. The Morgan fingerprint density at radius 1 is 1.11 bits per heavy atom. The van der Waals surface area contributed by atoms with Gasteiger partial charge in [0.15, 0.2) is 23.1 Å². The fraction of sp³-hybridized carbons (Fsp3) is 0.385. The third kappa shape index (κ3) is 5.43. The minimum absolute atomic E-state index is 0.0242. The van der Waals surface area contributed by atoms with Gasteiger partial charge in [-0.15, -0.1) is 0 Å². The number of carbonyl (C=O) groups is 2. The molecule has 11 heteroatoms. The number of amides is 1. The number of Topliss-reactive ketones (excluding diaryl/α,β-unsaturated/α-hetero) is 1. The van der Waals surface area contributed by atoms with E-state index in [0.717, 1.165) is 19.2 Å². The van der Waals surface area contributed by atoms with Crippen LogP contribution in [0.15, 0.2) is 40.4 Å². The van der Waals surface area contributed by atoms with Crippen LogP contribution in [0.4, 0.5) is 4.39 Å². The second-order valence-corrected chi connectivity index (χ2v) is 9.56. The number of aliphatic hydroxyl groups excluding tert-OH is 1. The van der Waals surface area contributed by atoms with E-state index in [-0.39, 0.29) is 39.4 Å². The van der Waals surface area contributed by atoms with Crippen molar-refractivity contribution in [1.82, 2.24) is 9.80 Å². The molecule has 0 spiro atoms. The number of halogens is 2. The largest absolute Gasteiger partial charge is 0.507 e. The van der Waals surface area contributed by atoms with Crippen LogP contribution in [0.2, 0.25) is 0 Å². The number of hydrogen-bond acceptors (Lipinski definition) is 8. The average Bonchev–Trinajstić information content (AvgIpc) is 3.15. The zero-order valence-corrected chi connectivity index (χ0v) is 22.1. The number of ether oxygens (including phenoxy) is 3. The molecule has 1 amide bonds. The summed E-state index contributed by atoms with van der Waals surface area (Å²) in [5, 5.41) is 21.5. The number of aliphatic hydroxyl groups is 1. The Morgan fingerprint density at radius 3 is 2.46 bits per heavy atom. The minimum Gasteiger partial charge on any atom is -0.507 e. The number of benzene rings is 2. The van der Waals surface area contributed by atoms with E-state index in [2.05, 4.69) is 20.8 Å². The van der Waals surface area contributed by atoms with E-state index in [1.165, 1.54) is 37.3 Å². The van der Waals surface area contributed by atoms with Crippen molar-refractivity contribution in [2.24, 2.45) is 0 Å². The maximum absolute atomic E-state index is 14.4. The standard InChI is InChI=1S/C26H28BrFN2O7/c1-35-19-5-4-15(13-18(19)28)23(31)21-22(16-12-17(27)24(32)20(14-16)36-2)30(26(34)25(21)33)7-3-6-29-8-10-37-11-9-29/h4-5,12-14,22,31-32H,3,6-11H2,1-2H3/b23-21+. The molecule has 2 aliphatic heterocycles. The lowest BCUT2D eigenvalue weighted by atomic mass is 9.94. The van der Waals surface area contributed by atoms with Gasteiger partial charge in [-0.2, -0.15) is 0 Å². The summed E-state index contributed by atoms with van der Waals surface area (Å²) < 4.78 is 30.3. The molecule has 2 aromatic rings. The van der Waals surface area contributed by atoms with Gasteiger partial charge in [-0.1, -0.05) is 0 Å². The number of rotatable bonds is 8. The molecule has 1 unspecified atom stereocenters. The molecular formula is C26H28BrFN2O7. The monoisotopic (exact) mass is 578 g/mol. The first-order valence-electron chi connectivity index (χ1n) is 11.8. The number of phenolic OH excluding ortho intramolecular Hbond substituents is 1. The number of nitrogens with zero attached hydrogens (tertiary/aromatic N) is 2. The van der Waals surface area contributed by atoms with Crippen LogP contribution in [0.1, 0.15) is 23.6 Å². The predicted octanol–water partition coefficient (Wildman–Crippen LogP) is 3.46. The molecule has 2 heterocycles. The summed E-state index contributed by atoms with van der Waals surface area (Å²) in [6.07, 6.45) is 0.580. The number of likely N-dealkylation sites (tertiary alicyclic amines) is 1. The number of methoxy groups -OCH3 is 2. The molecule has 37 heavy (non-hydrogen) atoms. The number of phenols is 1. The van der Waals surface area contributed by atoms with Crippen molar-refractivity contribution < 1.29 is 38.4 Å². The van der Waals surface area contributed by atoms with Crippen LogP contribution in [0.5, 0.6) is 17.2 Å².